The van der Waals surface area contributed by atoms with Crippen LogP contribution in [-0.2, 0) is 20.7 Å². The predicted molar refractivity (Wildman–Crippen MR) is 149 cm³/mol. The Balaban J connectivity index is 2.50. The van der Waals surface area contributed by atoms with Gasteiger partial charge in [0, 0.05) is 13.0 Å². The van der Waals surface area contributed by atoms with Crippen LogP contribution in [0, 0.1) is 18.3 Å². The molecule has 2 unspecified atom stereocenters. The third-order valence-corrected chi connectivity index (χ3v) is 5.97. The molecule has 9 nitrogen and oxygen atoms in total. The second-order valence-corrected chi connectivity index (χ2v) is 10.5. The lowest BCUT2D eigenvalue weighted by Crippen LogP contribution is -2.54. The molecule has 2 atom stereocenters. The summed E-state index contributed by atoms with van der Waals surface area (Å²) in [4.78, 5) is 41.5. The summed E-state index contributed by atoms with van der Waals surface area (Å²) in [6.07, 6.45) is 2.03. The van der Waals surface area contributed by atoms with E-state index in [1.807, 2.05) is 36.4 Å². The number of phenolic OH excluding ortho intramolecular Hbond substituents is 1. The lowest BCUT2D eigenvalue weighted by atomic mass is 9.98. The van der Waals surface area contributed by atoms with Crippen molar-refractivity contribution in [2.75, 3.05) is 13.1 Å². The molecule has 2 aromatic rings. The van der Waals surface area contributed by atoms with Gasteiger partial charge in [0.2, 0.25) is 11.8 Å². The maximum absolute atomic E-state index is 14.1. The van der Waals surface area contributed by atoms with Crippen LogP contribution in [0.5, 0.6) is 5.75 Å². The number of rotatable bonds is 12. The van der Waals surface area contributed by atoms with E-state index in [1.165, 1.54) is 11.0 Å². The maximum Gasteiger partial charge on any atom is 0.408 e. The number of alkyl carbamates (subject to hydrolysis) is 1. The molecule has 0 aliphatic heterocycles. The molecule has 39 heavy (non-hydrogen) atoms. The van der Waals surface area contributed by atoms with Crippen LogP contribution in [0.4, 0.5) is 4.79 Å². The Morgan fingerprint density at radius 1 is 1.10 bits per heavy atom. The number of hydrogen-bond donors (Lipinski definition) is 3. The van der Waals surface area contributed by atoms with Gasteiger partial charge in [-0.05, 0) is 62.9 Å². The van der Waals surface area contributed by atoms with Crippen molar-refractivity contribution in [1.82, 2.24) is 15.5 Å². The van der Waals surface area contributed by atoms with Gasteiger partial charge >= 0.3 is 6.09 Å². The van der Waals surface area contributed by atoms with Gasteiger partial charge in [-0.15, -0.1) is 0 Å². The van der Waals surface area contributed by atoms with Crippen LogP contribution in [-0.4, -0.2) is 52.6 Å². The van der Waals surface area contributed by atoms with E-state index in [0.717, 1.165) is 24.8 Å². The number of phenols is 1. The molecule has 2 aromatic carbocycles. The fourth-order valence-electron chi connectivity index (χ4n) is 4.08. The highest BCUT2D eigenvalue weighted by Gasteiger charge is 2.36. The van der Waals surface area contributed by atoms with Crippen molar-refractivity contribution < 1.29 is 24.2 Å². The zero-order chi connectivity index (χ0) is 29.0. The van der Waals surface area contributed by atoms with Crippen molar-refractivity contribution in [3.8, 4) is 11.8 Å². The van der Waals surface area contributed by atoms with Crippen LogP contribution in [0.3, 0.4) is 0 Å². The molecule has 9 heteroatoms. The summed E-state index contributed by atoms with van der Waals surface area (Å²) in [5, 5.41) is 25.3. The van der Waals surface area contributed by atoms with E-state index in [4.69, 9.17) is 4.74 Å². The van der Waals surface area contributed by atoms with E-state index in [1.54, 1.807) is 39.8 Å². The minimum Gasteiger partial charge on any atom is -0.508 e. The Labute approximate surface area is 231 Å². The molecule has 0 fully saturated rings. The summed E-state index contributed by atoms with van der Waals surface area (Å²) in [7, 11) is 0. The molecular formula is C30H40N4O5. The zero-order valence-electron chi connectivity index (χ0n) is 23.5. The van der Waals surface area contributed by atoms with Gasteiger partial charge in [-0.2, -0.15) is 5.26 Å². The topological polar surface area (TPSA) is 132 Å². The number of unbranched alkanes of at least 4 members (excludes halogenated alkanes) is 2. The number of ether oxygens (including phenoxy) is 1. The summed E-state index contributed by atoms with van der Waals surface area (Å²) in [6.45, 7) is 8.92. The highest BCUT2D eigenvalue weighted by molar-refractivity contribution is 5.92. The second kappa shape index (κ2) is 14.8. The van der Waals surface area contributed by atoms with Gasteiger partial charge in [-0.1, -0.05) is 56.2 Å². The summed E-state index contributed by atoms with van der Waals surface area (Å²) < 4.78 is 5.40. The summed E-state index contributed by atoms with van der Waals surface area (Å²) in [5.74, 6) is -1.01. The first kappa shape index (κ1) is 31.2. The van der Waals surface area contributed by atoms with E-state index in [2.05, 4.69) is 17.6 Å². The van der Waals surface area contributed by atoms with Crippen LogP contribution >= 0.6 is 0 Å². The van der Waals surface area contributed by atoms with E-state index in [9.17, 15) is 24.8 Å². The minimum atomic E-state index is -1.16. The molecule has 3 N–H and O–H groups in total. The van der Waals surface area contributed by atoms with E-state index >= 15 is 0 Å². The van der Waals surface area contributed by atoms with Crippen LogP contribution in [0.1, 0.15) is 69.7 Å². The number of carbonyl (C=O) groups is 3. The van der Waals surface area contributed by atoms with Gasteiger partial charge in [-0.3, -0.25) is 9.59 Å². The second-order valence-electron chi connectivity index (χ2n) is 10.5. The lowest BCUT2D eigenvalue weighted by Gasteiger charge is -2.33. The van der Waals surface area contributed by atoms with Crippen molar-refractivity contribution in [3.63, 3.8) is 0 Å². The van der Waals surface area contributed by atoms with E-state index < -0.39 is 42.1 Å². The van der Waals surface area contributed by atoms with Crippen LogP contribution in [0.25, 0.3) is 0 Å². The standard InChI is InChI=1S/C30H40N4O5/c1-6-7-11-17-32-27(36)26(23-14-15-25(35)21(2)19-23)34(18-16-31)28(37)24(20-22-12-9-8-10-13-22)33-29(38)39-30(3,4)5/h8-10,12-15,19,24,26,35H,6-7,11,17-18,20H2,1-5H3,(H,32,36)(H,33,38). The Morgan fingerprint density at radius 2 is 1.79 bits per heavy atom. The quantitative estimate of drug-likeness (QED) is 0.270. The number of amides is 3. The third-order valence-electron chi connectivity index (χ3n) is 5.97. The van der Waals surface area contributed by atoms with Gasteiger partial charge in [0.1, 0.15) is 30.0 Å². The summed E-state index contributed by atoms with van der Waals surface area (Å²) in [5.41, 5.74) is 0.956. The first-order chi connectivity index (χ1) is 18.5. The predicted octanol–water partition coefficient (Wildman–Crippen LogP) is 4.54. The molecule has 3 amide bonds. The number of nitrogens with one attached hydrogen (secondary N) is 2. The largest absolute Gasteiger partial charge is 0.508 e. The molecule has 0 spiro atoms. The number of benzene rings is 2. The Hall–Kier alpha value is -4.06. The van der Waals surface area contributed by atoms with Gasteiger partial charge in [0.15, 0.2) is 0 Å². The monoisotopic (exact) mass is 536 g/mol. The lowest BCUT2D eigenvalue weighted by molar-refractivity contribution is -0.141. The minimum absolute atomic E-state index is 0.0487. The van der Waals surface area contributed by atoms with Crippen molar-refractivity contribution in [3.05, 3.63) is 65.2 Å². The highest BCUT2D eigenvalue weighted by Crippen LogP contribution is 2.27. The molecule has 2 rings (SSSR count). The summed E-state index contributed by atoms with van der Waals surface area (Å²) in [6, 6.07) is 13.5. The maximum atomic E-state index is 14.1. The van der Waals surface area contributed by atoms with Gasteiger partial charge < -0.3 is 25.4 Å². The van der Waals surface area contributed by atoms with Gasteiger partial charge in [0.25, 0.3) is 0 Å². The normalized spacial score (nSPS) is 12.5. The van der Waals surface area contributed by atoms with Crippen molar-refractivity contribution in [2.45, 2.75) is 78.0 Å². The fourth-order valence-corrected chi connectivity index (χ4v) is 4.08. The zero-order valence-corrected chi connectivity index (χ0v) is 23.5. The molecule has 0 bridgehead atoms. The molecule has 210 valence electrons. The molecule has 0 heterocycles. The summed E-state index contributed by atoms with van der Waals surface area (Å²) >= 11 is 0. The van der Waals surface area contributed by atoms with Crippen LogP contribution in [0.2, 0.25) is 0 Å². The fraction of sp³-hybridized carbons (Fsp3) is 0.467. The molecule has 0 aliphatic carbocycles. The molecule has 0 radical (unpaired) electrons. The van der Waals surface area contributed by atoms with Crippen molar-refractivity contribution >= 4 is 17.9 Å². The Bertz CT molecular complexity index is 1150. The van der Waals surface area contributed by atoms with Crippen LogP contribution in [0.15, 0.2) is 48.5 Å². The van der Waals surface area contributed by atoms with Crippen molar-refractivity contribution in [2.24, 2.45) is 0 Å². The number of hydrogen-bond acceptors (Lipinski definition) is 6. The molecule has 0 aromatic heterocycles. The SMILES string of the molecule is CCCCCNC(=O)C(c1ccc(O)c(C)c1)N(CC#N)C(=O)C(Cc1ccccc1)NC(=O)OC(C)(C)C. The van der Waals surface area contributed by atoms with Crippen LogP contribution < -0.4 is 10.6 Å². The Morgan fingerprint density at radius 3 is 2.38 bits per heavy atom. The smallest absolute Gasteiger partial charge is 0.408 e. The number of nitriles is 1. The molecule has 0 saturated heterocycles. The highest BCUT2D eigenvalue weighted by atomic mass is 16.6. The molecule has 0 aliphatic rings. The number of nitrogens with zero attached hydrogens (tertiary/aromatic N) is 2. The number of aryl methyl sites for hydroxylation is 1. The van der Waals surface area contributed by atoms with Gasteiger partial charge in [0.05, 0.1) is 6.07 Å². The van der Waals surface area contributed by atoms with E-state index in [-0.39, 0.29) is 12.2 Å². The first-order valence-electron chi connectivity index (χ1n) is 13.2. The first-order valence-corrected chi connectivity index (χ1v) is 13.2. The number of carbonyl (C=O) groups excluding carboxylic acids is 3. The average Bonchev–Trinajstić information content (AvgIpc) is 2.87. The van der Waals surface area contributed by atoms with Crippen molar-refractivity contribution in [1.29, 1.82) is 5.26 Å². The average molecular weight is 537 g/mol. The number of aromatic hydroxyl groups is 1. The Kier molecular flexibility index (Phi) is 11.8. The molecular weight excluding hydrogens is 496 g/mol. The molecule has 0 saturated carbocycles. The van der Waals surface area contributed by atoms with E-state index in [0.29, 0.717) is 17.7 Å². The third kappa shape index (κ3) is 9.97. The van der Waals surface area contributed by atoms with Gasteiger partial charge in [-0.25, -0.2) is 4.79 Å².